The van der Waals surface area contributed by atoms with Gasteiger partial charge in [-0.1, -0.05) is 26.7 Å². The van der Waals surface area contributed by atoms with E-state index in [1.54, 1.807) is 0 Å². The van der Waals surface area contributed by atoms with Crippen molar-refractivity contribution in [1.29, 1.82) is 0 Å². The van der Waals surface area contributed by atoms with Gasteiger partial charge in [-0.25, -0.2) is 0 Å². The molecule has 0 amide bonds. The smallest absolute Gasteiger partial charge is 0.0600 e. The predicted molar refractivity (Wildman–Crippen MR) is 52.0 cm³/mol. The topological polar surface area (TPSA) is 20.2 Å². The van der Waals surface area contributed by atoms with Crippen molar-refractivity contribution < 1.29 is 10.6 Å². The van der Waals surface area contributed by atoms with Gasteiger partial charge in [0.15, 0.2) is 0 Å². The van der Waals surface area contributed by atoms with Gasteiger partial charge in [-0.05, 0) is 37.4 Å². The maximum Gasteiger partial charge on any atom is 0.0600 e. The molecule has 0 spiro atoms. The molecule has 1 aliphatic rings. The Morgan fingerprint density at radius 1 is 1.58 bits per heavy atom. The normalized spacial score (nSPS) is 52.3. The van der Waals surface area contributed by atoms with E-state index in [4.69, 9.17) is 5.48 Å². The van der Waals surface area contributed by atoms with Crippen LogP contribution in [0.1, 0.15) is 57.8 Å². The lowest BCUT2D eigenvalue weighted by Gasteiger charge is -2.25. The lowest BCUT2D eigenvalue weighted by molar-refractivity contribution is 0.105. The quantitative estimate of drug-likeness (QED) is 0.697. The molecule has 0 aromatic heterocycles. The molecular weight excluding hydrogens is 148 g/mol. The molecule has 1 rings (SSSR count). The second-order valence-corrected chi connectivity index (χ2v) is 4.03. The average molecular weight is 174 g/mol. The van der Waals surface area contributed by atoms with Crippen LogP contribution in [0.4, 0.5) is 0 Å². The molecule has 3 atom stereocenters. The van der Waals surface area contributed by atoms with E-state index in [0.717, 1.165) is 12.8 Å². The van der Waals surface area contributed by atoms with Crippen LogP contribution in [0.3, 0.4) is 0 Å². The molecule has 12 heavy (non-hydrogen) atoms. The van der Waals surface area contributed by atoms with Crippen molar-refractivity contribution in [3.8, 4) is 0 Å². The highest BCUT2D eigenvalue weighted by Gasteiger charge is 2.18. The fourth-order valence-electron chi connectivity index (χ4n) is 1.47. The van der Waals surface area contributed by atoms with E-state index in [1.807, 2.05) is 0 Å². The third-order valence-electron chi connectivity index (χ3n) is 2.35. The first-order valence-corrected chi connectivity index (χ1v) is 4.83. The number of hydrogen-bond donors (Lipinski definition) is 1. The Morgan fingerprint density at radius 3 is 3.00 bits per heavy atom. The standard InChI is InChI=1S/C11H22O/c1-9(2)3-4-10-5-7-11(12)8-6-10/h9-12H,3-8H2,1-2H3/i5D,7D2,11D. The monoisotopic (exact) mass is 174 g/mol. The van der Waals surface area contributed by atoms with E-state index < -0.39 is 18.8 Å². The molecule has 1 nitrogen and oxygen atoms in total. The number of rotatable bonds is 3. The molecule has 0 heterocycles. The minimum Gasteiger partial charge on any atom is -0.393 e. The van der Waals surface area contributed by atoms with Crippen molar-refractivity contribution in [3.63, 3.8) is 0 Å². The first kappa shape index (κ1) is 5.64. The summed E-state index contributed by atoms with van der Waals surface area (Å²) in [5, 5.41) is 9.64. The summed E-state index contributed by atoms with van der Waals surface area (Å²) in [6.45, 7) is 4.22. The molecule has 0 aliphatic heterocycles. The van der Waals surface area contributed by atoms with E-state index >= 15 is 0 Å². The number of aliphatic hydroxyl groups is 1. The highest BCUT2D eigenvalue weighted by Crippen LogP contribution is 2.28. The van der Waals surface area contributed by atoms with Crippen LogP contribution in [0.15, 0.2) is 0 Å². The van der Waals surface area contributed by atoms with Gasteiger partial charge in [0.1, 0.15) is 0 Å². The van der Waals surface area contributed by atoms with Gasteiger partial charge >= 0.3 is 0 Å². The Morgan fingerprint density at radius 2 is 2.33 bits per heavy atom. The van der Waals surface area contributed by atoms with E-state index in [0.29, 0.717) is 12.3 Å². The van der Waals surface area contributed by atoms with Crippen molar-refractivity contribution in [2.24, 2.45) is 11.8 Å². The summed E-state index contributed by atoms with van der Waals surface area (Å²) in [5.41, 5.74) is 0. The van der Waals surface area contributed by atoms with Crippen molar-refractivity contribution in [1.82, 2.24) is 0 Å². The molecule has 72 valence electrons. The van der Waals surface area contributed by atoms with Crippen LogP contribution in [-0.2, 0) is 0 Å². The molecule has 1 fully saturated rings. The van der Waals surface area contributed by atoms with Crippen molar-refractivity contribution in [2.45, 2.75) is 58.4 Å². The maximum atomic E-state index is 9.64. The minimum atomic E-state index is -2.12. The van der Waals surface area contributed by atoms with Gasteiger partial charge in [0.2, 0.25) is 0 Å². The fourth-order valence-corrected chi connectivity index (χ4v) is 1.47. The van der Waals surface area contributed by atoms with Crippen LogP contribution >= 0.6 is 0 Å². The zero-order valence-electron chi connectivity index (χ0n) is 12.0. The first-order valence-electron chi connectivity index (χ1n) is 6.91. The van der Waals surface area contributed by atoms with Crippen LogP contribution in [0.5, 0.6) is 0 Å². The fraction of sp³-hybridized carbons (Fsp3) is 1.00. The molecule has 1 heteroatoms. The summed E-state index contributed by atoms with van der Waals surface area (Å²) in [6, 6.07) is 0. The minimum absolute atomic E-state index is 0.0250. The van der Waals surface area contributed by atoms with Crippen LogP contribution in [0, 0.1) is 11.8 Å². The largest absolute Gasteiger partial charge is 0.393 e. The summed E-state index contributed by atoms with van der Waals surface area (Å²) >= 11 is 0. The molecule has 3 unspecified atom stereocenters. The molecule has 0 aromatic carbocycles. The Balaban J connectivity index is 2.66. The lowest BCUT2D eigenvalue weighted by Crippen LogP contribution is -2.18. The van der Waals surface area contributed by atoms with Crippen molar-refractivity contribution in [2.75, 3.05) is 0 Å². The Bertz CT molecular complexity index is 238. The second-order valence-electron chi connectivity index (χ2n) is 4.03. The van der Waals surface area contributed by atoms with Gasteiger partial charge in [0, 0.05) is 4.11 Å². The molecule has 0 aromatic rings. The first-order chi connectivity index (χ1) is 7.18. The molecule has 0 radical (unpaired) electrons. The summed E-state index contributed by atoms with van der Waals surface area (Å²) in [4.78, 5) is 0. The highest BCUT2D eigenvalue weighted by atomic mass is 16.3. The third kappa shape index (κ3) is 3.57. The van der Waals surface area contributed by atoms with E-state index in [-0.39, 0.29) is 12.3 Å². The van der Waals surface area contributed by atoms with Gasteiger partial charge in [0.05, 0.1) is 7.45 Å². The van der Waals surface area contributed by atoms with Gasteiger partial charge in [-0.15, -0.1) is 0 Å². The summed E-state index contributed by atoms with van der Waals surface area (Å²) in [7, 11) is 0. The van der Waals surface area contributed by atoms with Crippen LogP contribution in [0.2, 0.25) is 0 Å². The van der Waals surface area contributed by atoms with E-state index in [1.165, 1.54) is 0 Å². The SMILES string of the molecule is [2H]C1C(CCC(C)C)CCC([2H])(O)C1([2H])[2H]. The van der Waals surface area contributed by atoms with Gasteiger partial charge in [0.25, 0.3) is 0 Å². The maximum absolute atomic E-state index is 9.64. The Labute approximate surface area is 81.8 Å². The highest BCUT2D eigenvalue weighted by molar-refractivity contribution is 4.71. The third-order valence-corrected chi connectivity index (χ3v) is 2.35. The summed E-state index contributed by atoms with van der Waals surface area (Å²) in [6.07, 6.45) is -2.67. The van der Waals surface area contributed by atoms with Gasteiger partial charge < -0.3 is 5.11 Å². The average Bonchev–Trinajstić information content (AvgIpc) is 2.14. The predicted octanol–water partition coefficient (Wildman–Crippen LogP) is 2.97. The summed E-state index contributed by atoms with van der Waals surface area (Å²) in [5.74, 6) is 0.526. The second kappa shape index (κ2) is 4.86. The number of hydrogen-bond acceptors (Lipinski definition) is 1. The summed E-state index contributed by atoms with van der Waals surface area (Å²) < 4.78 is 30.8. The van der Waals surface area contributed by atoms with Gasteiger partial charge in [-0.3, -0.25) is 0 Å². The van der Waals surface area contributed by atoms with Crippen molar-refractivity contribution >= 4 is 0 Å². The van der Waals surface area contributed by atoms with Crippen LogP contribution < -0.4 is 0 Å². The molecule has 1 aliphatic carbocycles. The molecule has 0 bridgehead atoms. The van der Waals surface area contributed by atoms with Crippen LogP contribution in [0.25, 0.3) is 0 Å². The van der Waals surface area contributed by atoms with Crippen LogP contribution in [-0.4, -0.2) is 11.2 Å². The Kier molecular flexibility index (Phi) is 2.28. The Hall–Kier alpha value is -0.0400. The zero-order valence-corrected chi connectivity index (χ0v) is 8.01. The van der Waals surface area contributed by atoms with Crippen molar-refractivity contribution in [3.05, 3.63) is 0 Å². The van der Waals surface area contributed by atoms with E-state index in [9.17, 15) is 5.11 Å². The lowest BCUT2D eigenvalue weighted by atomic mass is 9.83. The molecule has 1 saturated carbocycles. The molecular formula is C11H22O. The molecule has 0 saturated heterocycles. The van der Waals surface area contributed by atoms with Gasteiger partial charge in [-0.2, -0.15) is 0 Å². The van der Waals surface area contributed by atoms with E-state index in [2.05, 4.69) is 13.8 Å². The zero-order chi connectivity index (χ0) is 12.6. The molecule has 1 N–H and O–H groups in total.